The lowest BCUT2D eigenvalue weighted by Crippen LogP contribution is -2.45. The predicted molar refractivity (Wildman–Crippen MR) is 296 cm³/mol. The van der Waals surface area contributed by atoms with E-state index in [1.165, 1.54) is 238 Å². The summed E-state index contributed by atoms with van der Waals surface area (Å²) in [6, 6.07) is -0.545. The molecular weight excluding hydrogens is 839 g/mol. The van der Waals surface area contributed by atoms with Crippen LogP contribution in [0.5, 0.6) is 0 Å². The van der Waals surface area contributed by atoms with Gasteiger partial charge in [-0.1, -0.05) is 275 Å². The van der Waals surface area contributed by atoms with Crippen LogP contribution in [-0.4, -0.2) is 47.4 Å². The molecule has 6 heteroatoms. The van der Waals surface area contributed by atoms with Gasteiger partial charge in [-0.3, -0.25) is 9.59 Å². The maximum Gasteiger partial charge on any atom is 0.305 e. The molecule has 6 nitrogen and oxygen atoms in total. The molecule has 0 aliphatic carbocycles. The van der Waals surface area contributed by atoms with Gasteiger partial charge in [-0.15, -0.1) is 0 Å². The van der Waals surface area contributed by atoms with Crippen molar-refractivity contribution in [3.05, 3.63) is 36.5 Å². The lowest BCUT2D eigenvalue weighted by molar-refractivity contribution is -0.143. The Hall–Kier alpha value is -1.92. The van der Waals surface area contributed by atoms with Crippen LogP contribution >= 0.6 is 0 Å². The first-order valence-corrected chi connectivity index (χ1v) is 30.2. The van der Waals surface area contributed by atoms with Gasteiger partial charge in [0, 0.05) is 12.8 Å². The maximum atomic E-state index is 12.5. The van der Waals surface area contributed by atoms with Crippen LogP contribution in [0, 0.1) is 0 Å². The van der Waals surface area contributed by atoms with E-state index in [0.29, 0.717) is 25.9 Å². The number of ether oxygens (including phenoxy) is 1. The minimum Gasteiger partial charge on any atom is -0.465 e. The molecule has 0 aliphatic heterocycles. The smallest absolute Gasteiger partial charge is 0.305 e. The van der Waals surface area contributed by atoms with Gasteiger partial charge in [-0.05, 0) is 70.6 Å². The fourth-order valence-corrected chi connectivity index (χ4v) is 9.30. The third kappa shape index (κ3) is 53.4. The molecule has 0 radical (unpaired) electrons. The van der Waals surface area contributed by atoms with Gasteiger partial charge in [0.1, 0.15) is 0 Å². The number of amides is 1. The van der Waals surface area contributed by atoms with Crippen molar-refractivity contribution in [2.45, 2.75) is 334 Å². The summed E-state index contributed by atoms with van der Waals surface area (Å²) >= 11 is 0. The van der Waals surface area contributed by atoms with E-state index in [1.807, 2.05) is 0 Å². The van der Waals surface area contributed by atoms with E-state index in [1.54, 1.807) is 0 Å². The summed E-state index contributed by atoms with van der Waals surface area (Å²) in [7, 11) is 0. The van der Waals surface area contributed by atoms with Crippen LogP contribution in [-0.2, 0) is 14.3 Å². The SMILES string of the molecule is CCCCCCCC/C=C\CCCCCCCCCC(=O)OCC/C=C\C/C=C\CCCCCCCCCCCCCCCCC(=O)NC(CO)C(O)CCCCCCCCCCCCCCC. The largest absolute Gasteiger partial charge is 0.465 e. The zero-order valence-electron chi connectivity index (χ0n) is 45.6. The predicted octanol–water partition coefficient (Wildman–Crippen LogP) is 18.8. The first-order valence-electron chi connectivity index (χ1n) is 30.2. The second-order valence-electron chi connectivity index (χ2n) is 20.7. The Balaban J connectivity index is 3.44. The first-order chi connectivity index (χ1) is 33.5. The Bertz CT molecular complexity index is 1100. The third-order valence-corrected chi connectivity index (χ3v) is 13.9. The fourth-order valence-electron chi connectivity index (χ4n) is 9.30. The molecule has 0 saturated carbocycles. The number of allylic oxidation sites excluding steroid dienone is 5. The molecule has 0 aromatic heterocycles. The summed E-state index contributed by atoms with van der Waals surface area (Å²) in [4.78, 5) is 24.5. The standard InChI is InChI=1S/C62H117NO5/c1-3-5-7-9-11-13-15-17-18-24-28-32-36-40-44-48-52-56-62(67)68-57-53-49-45-41-37-33-29-26-23-21-19-20-22-25-27-31-35-39-43-47-51-55-61(66)63-59(58-64)60(65)54-50-46-42-38-34-30-16-14-12-10-8-6-4-2/h17-18,33,37,45,49,59-60,64-65H,3-16,19-32,34-36,38-44,46-48,50-58H2,1-2H3,(H,63,66)/b18-17-,37-33-,49-45-. The van der Waals surface area contributed by atoms with E-state index in [0.717, 1.165) is 51.4 Å². The van der Waals surface area contributed by atoms with Crippen LogP contribution in [0.1, 0.15) is 322 Å². The Morgan fingerprint density at radius 3 is 1.13 bits per heavy atom. The van der Waals surface area contributed by atoms with Gasteiger partial charge in [0.05, 0.1) is 25.4 Å². The van der Waals surface area contributed by atoms with Gasteiger partial charge >= 0.3 is 5.97 Å². The molecule has 0 heterocycles. The van der Waals surface area contributed by atoms with Crippen molar-refractivity contribution in [3.63, 3.8) is 0 Å². The highest BCUT2D eigenvalue weighted by atomic mass is 16.5. The van der Waals surface area contributed by atoms with Crippen molar-refractivity contribution in [2.24, 2.45) is 0 Å². The lowest BCUT2D eigenvalue weighted by atomic mass is 10.0. The summed E-state index contributed by atoms with van der Waals surface area (Å²) in [5, 5.41) is 23.2. The number of carbonyl (C=O) groups excluding carboxylic acids is 2. The number of hydrogen-bond donors (Lipinski definition) is 3. The van der Waals surface area contributed by atoms with E-state index in [2.05, 4.69) is 55.6 Å². The molecular formula is C62H117NO5. The van der Waals surface area contributed by atoms with Gasteiger partial charge in [-0.2, -0.15) is 0 Å². The molecule has 0 rings (SSSR count). The van der Waals surface area contributed by atoms with E-state index < -0.39 is 12.1 Å². The molecule has 0 aliphatic rings. The highest BCUT2D eigenvalue weighted by molar-refractivity contribution is 5.76. The van der Waals surface area contributed by atoms with Crippen molar-refractivity contribution in [2.75, 3.05) is 13.2 Å². The molecule has 0 spiro atoms. The van der Waals surface area contributed by atoms with Crippen LogP contribution in [0.15, 0.2) is 36.5 Å². The van der Waals surface area contributed by atoms with Gasteiger partial charge in [-0.25, -0.2) is 0 Å². The van der Waals surface area contributed by atoms with Gasteiger partial charge in [0.2, 0.25) is 5.91 Å². The topological polar surface area (TPSA) is 95.9 Å². The van der Waals surface area contributed by atoms with Gasteiger partial charge < -0.3 is 20.3 Å². The summed E-state index contributed by atoms with van der Waals surface area (Å²) in [6.45, 7) is 4.84. The number of carbonyl (C=O) groups is 2. The van der Waals surface area contributed by atoms with Crippen molar-refractivity contribution in [1.82, 2.24) is 5.32 Å². The molecule has 3 N–H and O–H groups in total. The number of nitrogens with one attached hydrogen (secondary N) is 1. The van der Waals surface area contributed by atoms with Crippen molar-refractivity contribution < 1.29 is 24.5 Å². The van der Waals surface area contributed by atoms with Crippen molar-refractivity contribution >= 4 is 11.9 Å². The Kier molecular flexibility index (Phi) is 56.0. The molecule has 2 unspecified atom stereocenters. The molecule has 0 aromatic carbocycles. The van der Waals surface area contributed by atoms with Crippen LogP contribution < -0.4 is 5.32 Å². The molecule has 0 saturated heterocycles. The molecule has 0 fully saturated rings. The number of aliphatic hydroxyl groups is 2. The molecule has 1 amide bonds. The third-order valence-electron chi connectivity index (χ3n) is 13.9. The highest BCUT2D eigenvalue weighted by Gasteiger charge is 2.20. The summed E-state index contributed by atoms with van der Waals surface area (Å²) in [5.41, 5.74) is 0. The lowest BCUT2D eigenvalue weighted by Gasteiger charge is -2.22. The Morgan fingerprint density at radius 2 is 0.735 bits per heavy atom. The average molecular weight is 957 g/mol. The van der Waals surface area contributed by atoms with Crippen LogP contribution in [0.3, 0.4) is 0 Å². The normalized spacial score (nSPS) is 12.8. The average Bonchev–Trinajstić information content (AvgIpc) is 3.34. The highest BCUT2D eigenvalue weighted by Crippen LogP contribution is 2.17. The van der Waals surface area contributed by atoms with Crippen LogP contribution in [0.2, 0.25) is 0 Å². The van der Waals surface area contributed by atoms with Gasteiger partial charge in [0.15, 0.2) is 0 Å². The number of hydrogen-bond acceptors (Lipinski definition) is 5. The number of aliphatic hydroxyl groups excluding tert-OH is 2. The Morgan fingerprint density at radius 1 is 0.412 bits per heavy atom. The Labute approximate surface area is 424 Å². The molecule has 2 atom stereocenters. The van der Waals surface area contributed by atoms with Gasteiger partial charge in [0.25, 0.3) is 0 Å². The number of rotatable bonds is 56. The van der Waals surface area contributed by atoms with E-state index in [4.69, 9.17) is 4.74 Å². The maximum absolute atomic E-state index is 12.5. The monoisotopic (exact) mass is 956 g/mol. The van der Waals surface area contributed by atoms with E-state index in [9.17, 15) is 19.8 Å². The second-order valence-corrected chi connectivity index (χ2v) is 20.7. The van der Waals surface area contributed by atoms with E-state index in [-0.39, 0.29) is 18.5 Å². The zero-order chi connectivity index (χ0) is 49.3. The van der Waals surface area contributed by atoms with Crippen molar-refractivity contribution in [3.8, 4) is 0 Å². The van der Waals surface area contributed by atoms with E-state index >= 15 is 0 Å². The number of unbranched alkanes of at least 4 members (excludes halogenated alkanes) is 39. The number of esters is 1. The van der Waals surface area contributed by atoms with Crippen molar-refractivity contribution in [1.29, 1.82) is 0 Å². The fraction of sp³-hybridized carbons (Fsp3) is 0.871. The molecule has 0 aromatic rings. The van der Waals surface area contributed by atoms with Crippen LogP contribution in [0.25, 0.3) is 0 Å². The first kappa shape index (κ1) is 66.1. The second kappa shape index (κ2) is 57.7. The molecule has 400 valence electrons. The minimum absolute atomic E-state index is 0.0385. The quantitative estimate of drug-likeness (QED) is 0.0321. The summed E-state index contributed by atoms with van der Waals surface area (Å²) < 4.78 is 5.42. The molecule has 0 bridgehead atoms. The zero-order valence-corrected chi connectivity index (χ0v) is 45.6. The summed E-state index contributed by atoms with van der Waals surface area (Å²) in [5.74, 6) is -0.0780. The summed E-state index contributed by atoms with van der Waals surface area (Å²) in [6.07, 6.45) is 71.6. The molecule has 68 heavy (non-hydrogen) atoms. The van der Waals surface area contributed by atoms with Crippen LogP contribution in [0.4, 0.5) is 0 Å². The minimum atomic E-state index is -0.667.